The first-order valence-corrected chi connectivity index (χ1v) is 21.2. The van der Waals surface area contributed by atoms with Crippen molar-refractivity contribution >= 4 is 43.6 Å². The molecule has 0 radical (unpaired) electrons. The van der Waals surface area contributed by atoms with Gasteiger partial charge in [-0.3, -0.25) is 0 Å². The molecule has 2 heteroatoms. The zero-order valence-electron chi connectivity index (χ0n) is 33.4. The molecule has 14 rings (SSSR count). The van der Waals surface area contributed by atoms with Crippen LogP contribution in [0.4, 0.5) is 0 Å². The third-order valence-electron chi connectivity index (χ3n) is 14.5. The summed E-state index contributed by atoms with van der Waals surface area (Å²) in [6.07, 6.45) is 0. The third-order valence-corrected chi connectivity index (χ3v) is 14.5. The van der Waals surface area contributed by atoms with Crippen LogP contribution in [0.15, 0.2) is 194 Å². The van der Waals surface area contributed by atoms with Crippen molar-refractivity contribution in [2.75, 3.05) is 0 Å². The van der Waals surface area contributed by atoms with Gasteiger partial charge in [0, 0.05) is 32.6 Å². The van der Waals surface area contributed by atoms with Crippen molar-refractivity contribution in [1.29, 1.82) is 0 Å². The smallest absolute Gasteiger partial charge is 0.0726 e. The van der Waals surface area contributed by atoms with Gasteiger partial charge in [-0.25, -0.2) is 0 Å². The molecule has 0 saturated carbocycles. The summed E-state index contributed by atoms with van der Waals surface area (Å²) in [7, 11) is 0. The van der Waals surface area contributed by atoms with Crippen LogP contribution in [0.3, 0.4) is 0 Å². The fourth-order valence-electron chi connectivity index (χ4n) is 12.0. The lowest BCUT2D eigenvalue weighted by molar-refractivity contribution is 0.630. The number of hydrogen-bond donors (Lipinski definition) is 0. The van der Waals surface area contributed by atoms with Crippen molar-refractivity contribution in [3.8, 4) is 44.8 Å². The van der Waals surface area contributed by atoms with Crippen molar-refractivity contribution in [3.63, 3.8) is 0 Å². The Morgan fingerprint density at radius 3 is 1.52 bits per heavy atom. The van der Waals surface area contributed by atoms with Gasteiger partial charge in [0.15, 0.2) is 0 Å². The molecule has 60 heavy (non-hydrogen) atoms. The Balaban J connectivity index is 1.04. The average molecular weight is 763 g/mol. The molecule has 3 aliphatic rings. The molecule has 3 heterocycles. The van der Waals surface area contributed by atoms with E-state index in [0.717, 1.165) is 0 Å². The van der Waals surface area contributed by atoms with Gasteiger partial charge in [0.2, 0.25) is 0 Å². The molecule has 0 N–H and O–H groups in total. The van der Waals surface area contributed by atoms with Crippen LogP contribution in [0.25, 0.3) is 88.4 Å². The number of hydrogen-bond acceptors (Lipinski definition) is 0. The van der Waals surface area contributed by atoms with Gasteiger partial charge in [-0.2, -0.15) is 0 Å². The summed E-state index contributed by atoms with van der Waals surface area (Å²) in [5.41, 5.74) is 22.9. The lowest BCUT2D eigenvalue weighted by atomic mass is 9.70. The summed E-state index contributed by atoms with van der Waals surface area (Å²) in [6, 6.07) is 73.4. The van der Waals surface area contributed by atoms with Gasteiger partial charge in [0.25, 0.3) is 0 Å². The predicted molar refractivity (Wildman–Crippen MR) is 249 cm³/mol. The predicted octanol–water partition coefficient (Wildman–Crippen LogP) is 14.5. The zero-order chi connectivity index (χ0) is 39.5. The molecule has 0 fully saturated rings. The summed E-state index contributed by atoms with van der Waals surface area (Å²) < 4.78 is 5.00. The molecule has 1 aliphatic heterocycles. The minimum absolute atomic E-state index is 0.0911. The van der Waals surface area contributed by atoms with Gasteiger partial charge in [-0.1, -0.05) is 153 Å². The van der Waals surface area contributed by atoms with Crippen molar-refractivity contribution in [2.24, 2.45) is 0 Å². The summed E-state index contributed by atoms with van der Waals surface area (Å²) >= 11 is 0. The number of aromatic nitrogens is 2. The standard InChI is InChI=1S/C58H38N2/c1-57(2)49-24-12-13-26-54(49)60-53-30-28-35(31-43(53)41-20-14-25-50(57)56(41)60)36-27-29-52-44(32-36)45-33-42-40-19-8-11-23-48(40)58(51(42)34-55(45)59(52)37-15-4-3-5-16-37)46-21-9-6-17-38(46)39-18-7-10-22-47(39)58/h3-34H,1-2H3. The maximum Gasteiger partial charge on any atom is 0.0726 e. The van der Waals surface area contributed by atoms with Gasteiger partial charge in [0.05, 0.1) is 33.2 Å². The van der Waals surface area contributed by atoms with Gasteiger partial charge < -0.3 is 9.13 Å². The summed E-state index contributed by atoms with van der Waals surface area (Å²) in [5, 5.41) is 5.14. The number of nitrogens with zero attached hydrogens (tertiary/aromatic N) is 2. The van der Waals surface area contributed by atoms with E-state index in [1.165, 1.54) is 122 Å². The monoisotopic (exact) mass is 762 g/mol. The van der Waals surface area contributed by atoms with Crippen molar-refractivity contribution in [2.45, 2.75) is 24.7 Å². The SMILES string of the molecule is CC1(C)c2ccccc2-n2c3ccc(-c4ccc5c(c4)c4cc6c(cc4n5-c4ccccc4)C4(c5ccccc5-c5ccccc54)c4ccccc4-6)cc3c3cccc1c32. The Hall–Kier alpha value is -7.42. The minimum atomic E-state index is -0.401. The molecule has 2 aliphatic carbocycles. The molecule has 0 amide bonds. The molecule has 0 atom stereocenters. The van der Waals surface area contributed by atoms with Crippen molar-refractivity contribution in [3.05, 3.63) is 228 Å². The van der Waals surface area contributed by atoms with Crippen LogP contribution in [0.1, 0.15) is 47.2 Å². The van der Waals surface area contributed by atoms with E-state index in [1.54, 1.807) is 0 Å². The van der Waals surface area contributed by atoms with E-state index in [2.05, 4.69) is 217 Å². The van der Waals surface area contributed by atoms with Gasteiger partial charge in [-0.15, -0.1) is 0 Å². The molecule has 0 bridgehead atoms. The van der Waals surface area contributed by atoms with E-state index in [9.17, 15) is 0 Å². The van der Waals surface area contributed by atoms with E-state index < -0.39 is 5.41 Å². The molecule has 280 valence electrons. The lowest BCUT2D eigenvalue weighted by Crippen LogP contribution is -2.26. The minimum Gasteiger partial charge on any atom is -0.309 e. The number of rotatable bonds is 2. The van der Waals surface area contributed by atoms with Crippen molar-refractivity contribution in [1.82, 2.24) is 9.13 Å². The molecule has 0 saturated heterocycles. The van der Waals surface area contributed by atoms with E-state index in [4.69, 9.17) is 0 Å². The summed E-state index contributed by atoms with van der Waals surface area (Å²) in [5.74, 6) is 0. The van der Waals surface area contributed by atoms with Crippen LogP contribution in [0.2, 0.25) is 0 Å². The van der Waals surface area contributed by atoms with Gasteiger partial charge in [0.1, 0.15) is 0 Å². The molecular formula is C58H38N2. The first-order chi connectivity index (χ1) is 29.5. The largest absolute Gasteiger partial charge is 0.309 e. The lowest BCUT2D eigenvalue weighted by Gasteiger charge is -2.34. The third kappa shape index (κ3) is 3.81. The Morgan fingerprint density at radius 1 is 0.333 bits per heavy atom. The first kappa shape index (κ1) is 32.5. The van der Waals surface area contributed by atoms with Gasteiger partial charge >= 0.3 is 0 Å². The molecule has 1 spiro atoms. The fourth-order valence-corrected chi connectivity index (χ4v) is 12.0. The Kier molecular flexibility index (Phi) is 6.07. The average Bonchev–Trinajstić information content (AvgIpc) is 4.00. The topological polar surface area (TPSA) is 9.86 Å². The molecular weight excluding hydrogens is 725 g/mol. The summed E-state index contributed by atoms with van der Waals surface area (Å²) in [6.45, 7) is 4.74. The fraction of sp³-hybridized carbons (Fsp3) is 0.0690. The second-order valence-corrected chi connectivity index (χ2v) is 17.6. The highest BCUT2D eigenvalue weighted by Gasteiger charge is 2.51. The molecule has 9 aromatic carbocycles. The second kappa shape index (κ2) is 11.2. The van der Waals surface area contributed by atoms with Gasteiger partial charge in [-0.05, 0) is 121 Å². The number of para-hydroxylation sites is 3. The number of fused-ring (bicyclic) bond motifs is 18. The van der Waals surface area contributed by atoms with E-state index in [1.807, 2.05) is 0 Å². The van der Waals surface area contributed by atoms with E-state index in [0.29, 0.717) is 0 Å². The quantitative estimate of drug-likeness (QED) is 0.166. The van der Waals surface area contributed by atoms with Crippen LogP contribution in [0.5, 0.6) is 0 Å². The highest BCUT2D eigenvalue weighted by molar-refractivity contribution is 6.15. The molecule has 2 aromatic heterocycles. The van der Waals surface area contributed by atoms with Crippen molar-refractivity contribution < 1.29 is 0 Å². The summed E-state index contributed by atoms with van der Waals surface area (Å²) in [4.78, 5) is 0. The molecule has 0 unspecified atom stereocenters. The normalized spacial score (nSPS) is 14.8. The Bertz CT molecular complexity index is 3640. The van der Waals surface area contributed by atoms with Crippen LogP contribution >= 0.6 is 0 Å². The highest BCUT2D eigenvalue weighted by atomic mass is 15.0. The van der Waals surface area contributed by atoms with Crippen LogP contribution in [-0.4, -0.2) is 9.13 Å². The molecule has 11 aromatic rings. The first-order valence-electron chi connectivity index (χ1n) is 21.2. The Labute approximate surface area is 348 Å². The zero-order valence-corrected chi connectivity index (χ0v) is 33.4. The highest BCUT2D eigenvalue weighted by Crippen LogP contribution is 2.63. The van der Waals surface area contributed by atoms with E-state index in [-0.39, 0.29) is 5.41 Å². The Morgan fingerprint density at radius 2 is 0.850 bits per heavy atom. The maximum absolute atomic E-state index is 2.54. The van der Waals surface area contributed by atoms with E-state index >= 15 is 0 Å². The maximum atomic E-state index is 2.54. The van der Waals surface area contributed by atoms with Crippen LogP contribution in [0, 0.1) is 0 Å². The van der Waals surface area contributed by atoms with Crippen LogP contribution in [-0.2, 0) is 10.8 Å². The molecule has 2 nitrogen and oxygen atoms in total. The second-order valence-electron chi connectivity index (χ2n) is 17.6. The van der Waals surface area contributed by atoms with Crippen LogP contribution < -0.4 is 0 Å². The number of benzene rings is 9.